The summed E-state index contributed by atoms with van der Waals surface area (Å²) in [6.07, 6.45) is 1.12. The van der Waals surface area contributed by atoms with E-state index in [2.05, 4.69) is 0 Å². The SMILES string of the molecule is CC(=O)CCCO.CCO. The van der Waals surface area contributed by atoms with Gasteiger partial charge in [0.25, 0.3) is 0 Å². The van der Waals surface area contributed by atoms with Gasteiger partial charge in [0.05, 0.1) is 0 Å². The van der Waals surface area contributed by atoms with Crippen LogP contribution < -0.4 is 0 Å². The molecule has 0 fully saturated rings. The van der Waals surface area contributed by atoms with Gasteiger partial charge < -0.3 is 15.0 Å². The zero-order chi connectivity index (χ0) is 8.41. The summed E-state index contributed by atoms with van der Waals surface area (Å²) < 4.78 is 0. The molecular formula is C7H16O3. The fraction of sp³-hybridized carbons (Fsp3) is 0.857. The molecule has 0 amide bonds. The van der Waals surface area contributed by atoms with Crippen molar-refractivity contribution in [2.24, 2.45) is 0 Å². The van der Waals surface area contributed by atoms with Gasteiger partial charge in [-0.1, -0.05) is 0 Å². The van der Waals surface area contributed by atoms with E-state index in [9.17, 15) is 4.79 Å². The normalized spacial score (nSPS) is 8.00. The molecule has 0 spiro atoms. The van der Waals surface area contributed by atoms with E-state index in [0.717, 1.165) is 0 Å². The van der Waals surface area contributed by atoms with Crippen LogP contribution in [-0.2, 0) is 4.79 Å². The highest BCUT2D eigenvalue weighted by Gasteiger charge is 1.88. The van der Waals surface area contributed by atoms with Crippen LogP contribution in [0, 0.1) is 0 Å². The second-order valence-electron chi connectivity index (χ2n) is 1.85. The van der Waals surface area contributed by atoms with Crippen LogP contribution in [0.5, 0.6) is 0 Å². The molecule has 0 atom stereocenters. The van der Waals surface area contributed by atoms with Crippen molar-refractivity contribution in [1.29, 1.82) is 0 Å². The smallest absolute Gasteiger partial charge is 0.129 e. The van der Waals surface area contributed by atoms with E-state index >= 15 is 0 Å². The fourth-order valence-electron chi connectivity index (χ4n) is 0.328. The number of Topliss-reactive ketones (excluding diaryl/α,β-unsaturated/α-hetero) is 1. The van der Waals surface area contributed by atoms with E-state index in [-0.39, 0.29) is 19.0 Å². The number of aliphatic hydroxyl groups excluding tert-OH is 2. The molecule has 2 N–H and O–H groups in total. The minimum atomic E-state index is 0.125. The molecule has 0 rings (SSSR count). The topological polar surface area (TPSA) is 57.5 Å². The Morgan fingerprint density at radius 2 is 1.80 bits per heavy atom. The van der Waals surface area contributed by atoms with Gasteiger partial charge in [0.15, 0.2) is 0 Å². The van der Waals surface area contributed by atoms with Gasteiger partial charge in [-0.15, -0.1) is 0 Å². The van der Waals surface area contributed by atoms with Crippen LogP contribution in [-0.4, -0.2) is 29.2 Å². The Hall–Kier alpha value is -0.410. The van der Waals surface area contributed by atoms with Crippen molar-refractivity contribution in [1.82, 2.24) is 0 Å². The molecule has 0 radical (unpaired) electrons. The predicted octanol–water partition coefficient (Wildman–Crippen LogP) is 0.347. The van der Waals surface area contributed by atoms with Gasteiger partial charge in [-0.25, -0.2) is 0 Å². The third-order valence-corrected chi connectivity index (χ3v) is 0.687. The average molecular weight is 148 g/mol. The molecule has 62 valence electrons. The molecular weight excluding hydrogens is 132 g/mol. The second-order valence-corrected chi connectivity index (χ2v) is 1.85. The van der Waals surface area contributed by atoms with Crippen LogP contribution in [0.3, 0.4) is 0 Å². The Kier molecular flexibility index (Phi) is 14.0. The number of aliphatic hydroxyl groups is 2. The molecule has 0 aromatic heterocycles. The number of carbonyl (C=O) groups excluding carboxylic acids is 1. The lowest BCUT2D eigenvalue weighted by molar-refractivity contribution is -0.117. The molecule has 0 aliphatic carbocycles. The summed E-state index contributed by atoms with van der Waals surface area (Å²) in [5.41, 5.74) is 0. The first kappa shape index (κ1) is 12.3. The van der Waals surface area contributed by atoms with Gasteiger partial charge in [-0.3, -0.25) is 0 Å². The van der Waals surface area contributed by atoms with E-state index in [0.29, 0.717) is 12.8 Å². The molecule has 0 saturated carbocycles. The number of carbonyl (C=O) groups is 1. The van der Waals surface area contributed by atoms with E-state index in [1.807, 2.05) is 0 Å². The largest absolute Gasteiger partial charge is 0.397 e. The lowest BCUT2D eigenvalue weighted by atomic mass is 10.2. The van der Waals surface area contributed by atoms with Crippen LogP contribution in [0.1, 0.15) is 26.7 Å². The van der Waals surface area contributed by atoms with Gasteiger partial charge >= 0.3 is 0 Å². The fourth-order valence-corrected chi connectivity index (χ4v) is 0.328. The van der Waals surface area contributed by atoms with Crippen LogP contribution in [0.4, 0.5) is 0 Å². The lowest BCUT2D eigenvalue weighted by Gasteiger charge is -1.86. The first-order chi connectivity index (χ1) is 4.68. The molecule has 10 heavy (non-hydrogen) atoms. The zero-order valence-electron chi connectivity index (χ0n) is 6.63. The Morgan fingerprint density at radius 3 is 1.90 bits per heavy atom. The summed E-state index contributed by atoms with van der Waals surface area (Å²) in [4.78, 5) is 10.1. The Labute approximate surface area is 61.7 Å². The van der Waals surface area contributed by atoms with E-state index in [1.54, 1.807) is 6.92 Å². The summed E-state index contributed by atoms with van der Waals surface area (Å²) in [6, 6.07) is 0. The number of rotatable bonds is 3. The maximum absolute atomic E-state index is 10.1. The average Bonchev–Trinajstić information content (AvgIpc) is 1.85. The van der Waals surface area contributed by atoms with Gasteiger partial charge in [0.2, 0.25) is 0 Å². The van der Waals surface area contributed by atoms with Gasteiger partial charge in [0.1, 0.15) is 5.78 Å². The van der Waals surface area contributed by atoms with Gasteiger partial charge in [-0.2, -0.15) is 0 Å². The Morgan fingerprint density at radius 1 is 1.40 bits per heavy atom. The first-order valence-electron chi connectivity index (χ1n) is 3.40. The van der Waals surface area contributed by atoms with Gasteiger partial charge in [0, 0.05) is 19.6 Å². The highest BCUT2D eigenvalue weighted by Crippen LogP contribution is 1.85. The van der Waals surface area contributed by atoms with Crippen molar-refractivity contribution >= 4 is 5.78 Å². The van der Waals surface area contributed by atoms with Crippen LogP contribution >= 0.6 is 0 Å². The molecule has 3 nitrogen and oxygen atoms in total. The second kappa shape index (κ2) is 11.4. The molecule has 0 bridgehead atoms. The standard InChI is InChI=1S/C5H10O2.C2H6O/c1-5(7)3-2-4-6;1-2-3/h6H,2-4H2,1H3;3H,2H2,1H3. The molecule has 3 heteroatoms. The molecule has 0 aliphatic heterocycles. The molecule has 0 aromatic carbocycles. The van der Waals surface area contributed by atoms with Crippen LogP contribution in [0.2, 0.25) is 0 Å². The molecule has 0 aromatic rings. The van der Waals surface area contributed by atoms with Crippen molar-refractivity contribution in [3.63, 3.8) is 0 Å². The van der Waals surface area contributed by atoms with Crippen LogP contribution in [0.25, 0.3) is 0 Å². The summed E-state index contributed by atoms with van der Waals surface area (Å²) in [6.45, 7) is 3.58. The van der Waals surface area contributed by atoms with Crippen molar-refractivity contribution in [3.05, 3.63) is 0 Å². The number of ketones is 1. The predicted molar refractivity (Wildman–Crippen MR) is 39.8 cm³/mol. The zero-order valence-corrected chi connectivity index (χ0v) is 6.63. The maximum atomic E-state index is 10.1. The summed E-state index contributed by atoms with van der Waals surface area (Å²) in [7, 11) is 0. The molecule has 0 unspecified atom stereocenters. The summed E-state index contributed by atoms with van der Waals surface area (Å²) >= 11 is 0. The Balaban J connectivity index is 0. The lowest BCUT2D eigenvalue weighted by Crippen LogP contribution is -1.91. The van der Waals surface area contributed by atoms with E-state index in [1.165, 1.54) is 6.92 Å². The third kappa shape index (κ3) is 25.6. The van der Waals surface area contributed by atoms with Crippen molar-refractivity contribution in [2.75, 3.05) is 13.2 Å². The molecule has 0 heterocycles. The summed E-state index contributed by atoms with van der Waals surface area (Å²) in [5, 5.41) is 15.7. The van der Waals surface area contributed by atoms with Crippen molar-refractivity contribution in [3.8, 4) is 0 Å². The van der Waals surface area contributed by atoms with Crippen molar-refractivity contribution < 1.29 is 15.0 Å². The van der Waals surface area contributed by atoms with Crippen LogP contribution in [0.15, 0.2) is 0 Å². The minimum absolute atomic E-state index is 0.125. The highest BCUT2D eigenvalue weighted by molar-refractivity contribution is 5.75. The molecule has 0 aliphatic rings. The molecule has 0 saturated heterocycles. The quantitative estimate of drug-likeness (QED) is 0.607. The number of hydrogen-bond donors (Lipinski definition) is 2. The number of hydrogen-bond acceptors (Lipinski definition) is 3. The summed E-state index contributed by atoms with van der Waals surface area (Å²) in [5.74, 6) is 0.147. The highest BCUT2D eigenvalue weighted by atomic mass is 16.3. The van der Waals surface area contributed by atoms with Gasteiger partial charge in [-0.05, 0) is 20.3 Å². The Bertz CT molecular complexity index is 71.3. The van der Waals surface area contributed by atoms with E-state index in [4.69, 9.17) is 10.2 Å². The monoisotopic (exact) mass is 148 g/mol. The van der Waals surface area contributed by atoms with Crippen molar-refractivity contribution in [2.45, 2.75) is 26.7 Å². The first-order valence-corrected chi connectivity index (χ1v) is 3.40. The third-order valence-electron chi connectivity index (χ3n) is 0.687. The minimum Gasteiger partial charge on any atom is -0.397 e. The maximum Gasteiger partial charge on any atom is 0.129 e. The van der Waals surface area contributed by atoms with E-state index < -0.39 is 0 Å².